The fourth-order valence-corrected chi connectivity index (χ4v) is 10.7. The summed E-state index contributed by atoms with van der Waals surface area (Å²) in [6.45, 7) is 4.76. The van der Waals surface area contributed by atoms with Gasteiger partial charge in [0, 0.05) is 94.6 Å². The number of H-pyrrole nitrogens is 1. The van der Waals surface area contributed by atoms with Crippen LogP contribution in [0, 0.1) is 5.92 Å². The van der Waals surface area contributed by atoms with Gasteiger partial charge in [0.25, 0.3) is 17.4 Å². The molecule has 0 spiro atoms. The zero-order valence-electron chi connectivity index (χ0n) is 38.6. The molecule has 4 amide bonds. The molecular weight excluding hydrogens is 879 g/mol. The largest absolute Gasteiger partial charge is 0.483 e. The maximum absolute atomic E-state index is 13.5. The number of hydrogen-bond donors (Lipinski definition) is 3. The number of amides is 4. The number of fused-ring (bicyclic) bond motifs is 3. The second kappa shape index (κ2) is 18.2. The SMILES string of the molecule is Cn1cc(-c2ccc3nc(N4CCC(CN5CCN(C(=O)COc6cccc7c6C(=O)N(C6CCC(=O)NC6=O)C7)CC5)CC4)nc(C(CO)(OC4CC4)c4ccccc4)c3c2)c2cc[nH]c2c1=O. The van der Waals surface area contributed by atoms with Crippen LogP contribution in [0.5, 0.6) is 5.75 Å². The van der Waals surface area contributed by atoms with Gasteiger partial charge in [-0.15, -0.1) is 0 Å². The molecule has 0 bridgehead atoms. The third-order valence-electron chi connectivity index (χ3n) is 14.6. The number of aromatic nitrogens is 4. The molecule has 4 aliphatic heterocycles. The van der Waals surface area contributed by atoms with Crippen molar-refractivity contribution in [3.05, 3.63) is 118 Å². The molecule has 17 heteroatoms. The predicted octanol–water partition coefficient (Wildman–Crippen LogP) is 4.09. The first kappa shape index (κ1) is 44.5. The zero-order valence-corrected chi connectivity index (χ0v) is 38.6. The van der Waals surface area contributed by atoms with E-state index in [1.54, 1.807) is 29.9 Å². The van der Waals surface area contributed by atoms with E-state index in [0.717, 1.165) is 97.0 Å². The Kier molecular flexibility index (Phi) is 11.7. The van der Waals surface area contributed by atoms with Crippen LogP contribution < -0.4 is 20.5 Å². The number of aromatic amines is 1. The number of aryl methyl sites for hydroxylation is 1. The van der Waals surface area contributed by atoms with Gasteiger partial charge in [-0.2, -0.15) is 0 Å². The lowest BCUT2D eigenvalue weighted by molar-refractivity contribution is -0.137. The average molecular weight is 934 g/mol. The number of aliphatic hydroxyl groups is 1. The molecule has 3 N–H and O–H groups in total. The van der Waals surface area contributed by atoms with Crippen LogP contribution >= 0.6 is 0 Å². The Morgan fingerprint density at radius 2 is 1.67 bits per heavy atom. The summed E-state index contributed by atoms with van der Waals surface area (Å²) < 4.78 is 14.5. The molecule has 3 aromatic carbocycles. The van der Waals surface area contributed by atoms with Crippen molar-refractivity contribution < 1.29 is 33.8 Å². The maximum Gasteiger partial charge on any atom is 0.274 e. The number of imide groups is 1. The lowest BCUT2D eigenvalue weighted by Crippen LogP contribution is -2.52. The van der Waals surface area contributed by atoms with Crippen molar-refractivity contribution in [3.63, 3.8) is 0 Å². The molecule has 6 aromatic rings. The Hall–Kier alpha value is -6.95. The molecule has 7 heterocycles. The number of carbonyl (C=O) groups is 4. The predicted molar refractivity (Wildman–Crippen MR) is 256 cm³/mol. The first-order valence-electron chi connectivity index (χ1n) is 24.0. The van der Waals surface area contributed by atoms with Crippen LogP contribution in [-0.2, 0) is 38.3 Å². The Morgan fingerprint density at radius 3 is 2.42 bits per heavy atom. The minimum atomic E-state index is -1.25. The smallest absolute Gasteiger partial charge is 0.274 e. The minimum Gasteiger partial charge on any atom is -0.483 e. The number of piperidine rings is 2. The molecule has 2 atom stereocenters. The van der Waals surface area contributed by atoms with E-state index in [-0.39, 0.29) is 62.0 Å². The van der Waals surface area contributed by atoms with E-state index < -0.39 is 17.6 Å². The molecule has 0 radical (unpaired) electrons. The summed E-state index contributed by atoms with van der Waals surface area (Å²) in [7, 11) is 1.75. The number of benzene rings is 3. The third kappa shape index (κ3) is 8.42. The van der Waals surface area contributed by atoms with E-state index in [1.807, 2.05) is 65.7 Å². The van der Waals surface area contributed by atoms with Crippen LogP contribution in [0.3, 0.4) is 0 Å². The third-order valence-corrected chi connectivity index (χ3v) is 14.6. The summed E-state index contributed by atoms with van der Waals surface area (Å²) in [5.41, 5.74) is 4.20. The normalized spacial score (nSPS) is 20.1. The van der Waals surface area contributed by atoms with Gasteiger partial charge in [-0.25, -0.2) is 9.97 Å². The van der Waals surface area contributed by atoms with Crippen LogP contribution in [0.2, 0.25) is 0 Å². The molecule has 4 fully saturated rings. The summed E-state index contributed by atoms with van der Waals surface area (Å²) >= 11 is 0. The number of nitrogens with one attached hydrogen (secondary N) is 2. The lowest BCUT2D eigenvalue weighted by Gasteiger charge is -2.39. The highest BCUT2D eigenvalue weighted by molar-refractivity contribution is 6.06. The Morgan fingerprint density at radius 1 is 0.870 bits per heavy atom. The fourth-order valence-electron chi connectivity index (χ4n) is 10.7. The van der Waals surface area contributed by atoms with E-state index in [0.29, 0.717) is 47.5 Å². The highest BCUT2D eigenvalue weighted by Crippen LogP contribution is 2.43. The number of nitrogens with zero attached hydrogens (tertiary/aromatic N) is 7. The van der Waals surface area contributed by atoms with E-state index in [1.165, 1.54) is 4.90 Å². The van der Waals surface area contributed by atoms with Gasteiger partial charge in [-0.05, 0) is 79.0 Å². The monoisotopic (exact) mass is 933 g/mol. The second-order valence-electron chi connectivity index (χ2n) is 19.1. The molecule has 11 rings (SSSR count). The average Bonchev–Trinajstić information content (AvgIpc) is 3.93. The van der Waals surface area contributed by atoms with Crippen molar-refractivity contribution in [2.75, 3.05) is 63.9 Å². The quantitative estimate of drug-likeness (QED) is 0.141. The highest BCUT2D eigenvalue weighted by Gasteiger charge is 2.44. The Bertz CT molecular complexity index is 3040. The molecule has 1 saturated carbocycles. The molecule has 3 saturated heterocycles. The number of pyridine rings is 1. The number of anilines is 1. The Labute approximate surface area is 398 Å². The standard InChI is InChI=1S/C52H55N9O8/c1-57-29-39(37-16-19-53-46(37)50(57)67)33-10-13-40-38(26-33)47(52(31-62,69-36-11-12-36)35-7-3-2-4-8-35)56-51(54-40)60-20-17-32(18-21-60)27-58-22-24-59(25-23-58)44(64)30-68-42-9-5-6-34-28-61(49(66)45(34)42)41-14-15-43(63)55-48(41)65/h2-10,13,16,19,26,29,32,36,41,53,62H,11-12,14-15,17-18,20-25,27-28,30-31H2,1H3,(H,55,63,65). The van der Waals surface area contributed by atoms with Crippen LogP contribution in [0.1, 0.15) is 65.7 Å². The van der Waals surface area contributed by atoms with Gasteiger partial charge in [-0.1, -0.05) is 48.5 Å². The molecule has 17 nitrogen and oxygen atoms in total. The topological polar surface area (TPSA) is 196 Å². The minimum absolute atomic E-state index is 0.00933. The summed E-state index contributed by atoms with van der Waals surface area (Å²) in [4.78, 5) is 85.8. The van der Waals surface area contributed by atoms with Crippen LogP contribution in [0.25, 0.3) is 32.9 Å². The highest BCUT2D eigenvalue weighted by atomic mass is 16.5. The van der Waals surface area contributed by atoms with Crippen molar-refractivity contribution in [1.29, 1.82) is 0 Å². The molecular formula is C52H55N9O8. The van der Waals surface area contributed by atoms with Crippen molar-refractivity contribution in [2.45, 2.75) is 62.8 Å². The van der Waals surface area contributed by atoms with Gasteiger partial charge < -0.3 is 38.8 Å². The van der Waals surface area contributed by atoms with Gasteiger partial charge in [0.05, 0.1) is 29.5 Å². The molecule has 1 aliphatic carbocycles. The van der Waals surface area contributed by atoms with Gasteiger partial charge in [0.15, 0.2) is 12.2 Å². The summed E-state index contributed by atoms with van der Waals surface area (Å²) in [6.07, 6.45) is 7.75. The number of rotatable bonds is 13. The summed E-state index contributed by atoms with van der Waals surface area (Å²) in [5.74, 6) is 0.0550. The number of ether oxygens (including phenoxy) is 2. The van der Waals surface area contributed by atoms with E-state index in [9.17, 15) is 29.1 Å². The van der Waals surface area contributed by atoms with Gasteiger partial charge in [0.1, 0.15) is 17.3 Å². The van der Waals surface area contributed by atoms with Gasteiger partial charge in [-0.3, -0.25) is 34.2 Å². The first-order valence-corrected chi connectivity index (χ1v) is 24.0. The van der Waals surface area contributed by atoms with E-state index in [2.05, 4.69) is 26.2 Å². The molecule has 69 heavy (non-hydrogen) atoms. The molecule has 5 aliphatic rings. The number of hydrogen-bond acceptors (Lipinski definition) is 12. The van der Waals surface area contributed by atoms with Gasteiger partial charge >= 0.3 is 0 Å². The fraction of sp³-hybridized carbons (Fsp3) is 0.404. The van der Waals surface area contributed by atoms with Crippen molar-refractivity contribution in [2.24, 2.45) is 13.0 Å². The van der Waals surface area contributed by atoms with Crippen LogP contribution in [0.4, 0.5) is 5.95 Å². The summed E-state index contributed by atoms with van der Waals surface area (Å²) in [6, 6.07) is 22.4. The van der Waals surface area contributed by atoms with Crippen molar-refractivity contribution in [1.82, 2.24) is 39.5 Å². The molecule has 356 valence electrons. The molecule has 2 unspecified atom stereocenters. The Balaban J connectivity index is 0.757. The number of carbonyl (C=O) groups excluding carboxylic acids is 4. The van der Waals surface area contributed by atoms with Gasteiger partial charge in [0.2, 0.25) is 17.8 Å². The summed E-state index contributed by atoms with van der Waals surface area (Å²) in [5, 5.41) is 15.4. The van der Waals surface area contributed by atoms with Crippen molar-refractivity contribution >= 4 is 51.4 Å². The van der Waals surface area contributed by atoms with Crippen LogP contribution in [0.15, 0.2) is 90.0 Å². The van der Waals surface area contributed by atoms with E-state index in [4.69, 9.17) is 19.4 Å². The van der Waals surface area contributed by atoms with E-state index >= 15 is 0 Å². The lowest BCUT2D eigenvalue weighted by atomic mass is 9.87. The zero-order chi connectivity index (χ0) is 47.4. The van der Waals surface area contributed by atoms with Crippen molar-refractivity contribution in [3.8, 4) is 16.9 Å². The molecule has 3 aromatic heterocycles. The first-order chi connectivity index (χ1) is 33.6. The van der Waals surface area contributed by atoms with Crippen LogP contribution in [-0.4, -0.2) is 134 Å². The number of aliphatic hydroxyl groups excluding tert-OH is 1. The number of piperazine rings is 1. The second-order valence-corrected chi connectivity index (χ2v) is 19.1. The maximum atomic E-state index is 13.5.